The summed E-state index contributed by atoms with van der Waals surface area (Å²) in [6, 6.07) is 8.36. The summed E-state index contributed by atoms with van der Waals surface area (Å²) in [5.74, 6) is 0. The summed E-state index contributed by atoms with van der Waals surface area (Å²) < 4.78 is 0. The molecule has 2 nitrogen and oxygen atoms in total. The van der Waals surface area contributed by atoms with Gasteiger partial charge in [0.2, 0.25) is 0 Å². The summed E-state index contributed by atoms with van der Waals surface area (Å²) in [5, 5.41) is 0.804. The molecular formula is C14H23ClN2. The first-order chi connectivity index (χ1) is 8.11. The Hall–Kier alpha value is -0.570. The molecule has 0 amide bonds. The second-order valence-electron chi connectivity index (χ2n) is 4.71. The number of nitrogens with zero attached hydrogens (tertiary/aromatic N) is 1. The van der Waals surface area contributed by atoms with E-state index in [-0.39, 0.29) is 0 Å². The molecule has 17 heavy (non-hydrogen) atoms. The minimum Gasteiger partial charge on any atom is -0.328 e. The van der Waals surface area contributed by atoms with E-state index < -0.39 is 0 Å². The van der Waals surface area contributed by atoms with Gasteiger partial charge in [-0.25, -0.2) is 0 Å². The van der Waals surface area contributed by atoms with Crippen molar-refractivity contribution < 1.29 is 0 Å². The van der Waals surface area contributed by atoms with Crippen molar-refractivity contribution in [3.63, 3.8) is 0 Å². The Kier molecular flexibility index (Phi) is 6.56. The molecule has 96 valence electrons. The van der Waals surface area contributed by atoms with Crippen molar-refractivity contribution in [1.29, 1.82) is 0 Å². The Balaban J connectivity index is 2.32. The summed E-state index contributed by atoms with van der Waals surface area (Å²) in [6.45, 7) is 4.14. The van der Waals surface area contributed by atoms with Crippen molar-refractivity contribution in [3.05, 3.63) is 34.9 Å². The van der Waals surface area contributed by atoms with Crippen LogP contribution in [0.3, 0.4) is 0 Å². The highest BCUT2D eigenvalue weighted by Crippen LogP contribution is 2.12. The molecule has 0 spiro atoms. The predicted octanol–water partition coefficient (Wildman–Crippen LogP) is 3.29. The van der Waals surface area contributed by atoms with Crippen molar-refractivity contribution in [2.45, 2.75) is 38.8 Å². The topological polar surface area (TPSA) is 29.3 Å². The summed E-state index contributed by atoms with van der Waals surface area (Å²) in [7, 11) is 2.12. The van der Waals surface area contributed by atoms with E-state index in [1.807, 2.05) is 18.2 Å². The molecule has 0 aliphatic rings. The average molecular weight is 255 g/mol. The zero-order chi connectivity index (χ0) is 12.7. The molecule has 0 fully saturated rings. The summed E-state index contributed by atoms with van der Waals surface area (Å²) in [5.41, 5.74) is 7.26. The van der Waals surface area contributed by atoms with Crippen LogP contribution in [0, 0.1) is 0 Å². The van der Waals surface area contributed by atoms with Crippen LogP contribution in [0.5, 0.6) is 0 Å². The van der Waals surface area contributed by atoms with Gasteiger partial charge in [0, 0.05) is 17.6 Å². The second-order valence-corrected chi connectivity index (χ2v) is 5.14. The van der Waals surface area contributed by atoms with E-state index in [9.17, 15) is 0 Å². The highest BCUT2D eigenvalue weighted by atomic mass is 35.5. The first-order valence-corrected chi connectivity index (χ1v) is 6.68. The van der Waals surface area contributed by atoms with E-state index in [0.29, 0.717) is 6.04 Å². The van der Waals surface area contributed by atoms with Crippen molar-refractivity contribution in [2.75, 3.05) is 13.6 Å². The first-order valence-electron chi connectivity index (χ1n) is 6.30. The van der Waals surface area contributed by atoms with Gasteiger partial charge in [0.05, 0.1) is 0 Å². The average Bonchev–Trinajstić information content (AvgIpc) is 2.27. The van der Waals surface area contributed by atoms with Crippen LogP contribution in [0.4, 0.5) is 0 Å². The van der Waals surface area contributed by atoms with Gasteiger partial charge in [0.15, 0.2) is 0 Å². The van der Waals surface area contributed by atoms with Gasteiger partial charge >= 0.3 is 0 Å². The van der Waals surface area contributed by atoms with Crippen LogP contribution < -0.4 is 5.73 Å². The maximum Gasteiger partial charge on any atom is 0.0409 e. The van der Waals surface area contributed by atoms with Crippen LogP contribution in [-0.4, -0.2) is 24.5 Å². The van der Waals surface area contributed by atoms with Gasteiger partial charge in [0.1, 0.15) is 0 Å². The monoisotopic (exact) mass is 254 g/mol. The standard InChI is InChI=1S/C14H23ClN2/c1-3-5-14(16)8-9-17(2)11-12-6-4-7-13(15)10-12/h4,6-7,10,14H,3,5,8-9,11,16H2,1-2H3. The number of hydrogen-bond donors (Lipinski definition) is 1. The van der Waals surface area contributed by atoms with Crippen LogP contribution >= 0.6 is 11.6 Å². The molecule has 0 aromatic heterocycles. The molecule has 0 radical (unpaired) electrons. The van der Waals surface area contributed by atoms with Crippen molar-refractivity contribution >= 4 is 11.6 Å². The lowest BCUT2D eigenvalue weighted by molar-refractivity contribution is 0.307. The van der Waals surface area contributed by atoms with Gasteiger partial charge in [-0.2, -0.15) is 0 Å². The van der Waals surface area contributed by atoms with E-state index in [0.717, 1.165) is 31.0 Å². The third-order valence-corrected chi connectivity index (χ3v) is 3.12. The van der Waals surface area contributed by atoms with Crippen LogP contribution in [0.1, 0.15) is 31.7 Å². The van der Waals surface area contributed by atoms with Crippen LogP contribution in [0.25, 0.3) is 0 Å². The fraction of sp³-hybridized carbons (Fsp3) is 0.571. The maximum atomic E-state index is 6.00. The summed E-state index contributed by atoms with van der Waals surface area (Å²) in [4.78, 5) is 2.29. The van der Waals surface area contributed by atoms with Gasteiger partial charge < -0.3 is 10.6 Å². The molecule has 0 saturated carbocycles. The molecule has 0 aliphatic heterocycles. The van der Waals surface area contributed by atoms with Gasteiger partial charge in [-0.05, 0) is 44.1 Å². The molecule has 2 N–H and O–H groups in total. The van der Waals surface area contributed by atoms with Crippen molar-refractivity contribution in [2.24, 2.45) is 5.73 Å². The SMILES string of the molecule is CCCC(N)CCN(C)Cc1cccc(Cl)c1. The van der Waals surface area contributed by atoms with Crippen LogP contribution in [-0.2, 0) is 6.54 Å². The zero-order valence-corrected chi connectivity index (χ0v) is 11.6. The lowest BCUT2D eigenvalue weighted by atomic mass is 10.1. The van der Waals surface area contributed by atoms with Crippen molar-refractivity contribution in [1.82, 2.24) is 4.90 Å². The van der Waals surface area contributed by atoms with E-state index >= 15 is 0 Å². The minimum atomic E-state index is 0.335. The fourth-order valence-electron chi connectivity index (χ4n) is 1.93. The quantitative estimate of drug-likeness (QED) is 0.809. The molecule has 0 aliphatic carbocycles. The number of rotatable bonds is 7. The zero-order valence-electron chi connectivity index (χ0n) is 10.8. The number of benzene rings is 1. The molecule has 0 bridgehead atoms. The molecular weight excluding hydrogens is 232 g/mol. The van der Waals surface area contributed by atoms with Gasteiger partial charge in [0.25, 0.3) is 0 Å². The Morgan fingerprint density at radius 1 is 1.35 bits per heavy atom. The normalized spacial score (nSPS) is 13.0. The second kappa shape index (κ2) is 7.70. The first kappa shape index (κ1) is 14.5. The smallest absolute Gasteiger partial charge is 0.0409 e. The Labute approximate surface area is 110 Å². The molecule has 0 heterocycles. The lowest BCUT2D eigenvalue weighted by Gasteiger charge is -2.19. The summed E-state index contributed by atoms with van der Waals surface area (Å²) in [6.07, 6.45) is 3.34. The number of nitrogens with two attached hydrogens (primary N) is 1. The number of halogens is 1. The predicted molar refractivity (Wildman–Crippen MR) is 75.3 cm³/mol. The lowest BCUT2D eigenvalue weighted by Crippen LogP contribution is -2.27. The third kappa shape index (κ3) is 6.06. The Bertz CT molecular complexity index is 328. The largest absolute Gasteiger partial charge is 0.328 e. The molecule has 1 unspecified atom stereocenters. The van der Waals surface area contributed by atoms with Crippen LogP contribution in [0.2, 0.25) is 5.02 Å². The third-order valence-electron chi connectivity index (χ3n) is 2.88. The molecule has 1 rings (SSSR count). The van der Waals surface area contributed by atoms with Crippen LogP contribution in [0.15, 0.2) is 24.3 Å². The van der Waals surface area contributed by atoms with E-state index in [1.165, 1.54) is 12.0 Å². The van der Waals surface area contributed by atoms with Gasteiger partial charge in [-0.1, -0.05) is 37.1 Å². The fourth-order valence-corrected chi connectivity index (χ4v) is 2.14. The van der Waals surface area contributed by atoms with Gasteiger partial charge in [-0.15, -0.1) is 0 Å². The van der Waals surface area contributed by atoms with Gasteiger partial charge in [-0.3, -0.25) is 0 Å². The molecule has 1 aromatic carbocycles. The van der Waals surface area contributed by atoms with E-state index in [2.05, 4.69) is 24.9 Å². The number of hydrogen-bond acceptors (Lipinski definition) is 2. The Morgan fingerprint density at radius 3 is 2.76 bits per heavy atom. The van der Waals surface area contributed by atoms with E-state index in [4.69, 9.17) is 17.3 Å². The molecule has 0 saturated heterocycles. The molecule has 3 heteroatoms. The highest BCUT2D eigenvalue weighted by Gasteiger charge is 2.05. The van der Waals surface area contributed by atoms with E-state index in [1.54, 1.807) is 0 Å². The molecule has 1 aromatic rings. The minimum absolute atomic E-state index is 0.335. The Morgan fingerprint density at radius 2 is 2.12 bits per heavy atom. The maximum absolute atomic E-state index is 6.00. The highest BCUT2D eigenvalue weighted by molar-refractivity contribution is 6.30. The van der Waals surface area contributed by atoms with Crippen molar-refractivity contribution in [3.8, 4) is 0 Å². The molecule has 1 atom stereocenters. The summed E-state index contributed by atoms with van der Waals surface area (Å²) >= 11 is 5.96.